The Labute approximate surface area is 261 Å². The summed E-state index contributed by atoms with van der Waals surface area (Å²) < 4.78 is 41.6. The fourth-order valence-electron chi connectivity index (χ4n) is 4.38. The fourth-order valence-corrected chi connectivity index (χ4v) is 4.38. The molecule has 1 saturated heterocycles. The number of hydrogen-bond donors (Lipinski definition) is 1. The molecular weight excluding hydrogens is 576 g/mol. The molecule has 0 saturated carbocycles. The Kier molecular flexibility index (Phi) is 11.3. The number of carbonyl (C=O) groups excluding carboxylic acids is 1. The molecule has 3 heterocycles. The van der Waals surface area contributed by atoms with Gasteiger partial charge in [-0.25, -0.2) is 23.5 Å². The summed E-state index contributed by atoms with van der Waals surface area (Å²) in [6.45, 7) is 6.43. The third-order valence-electron chi connectivity index (χ3n) is 7.08. The van der Waals surface area contributed by atoms with Gasteiger partial charge in [-0.3, -0.25) is 0 Å². The number of rotatable bonds is 7. The van der Waals surface area contributed by atoms with Gasteiger partial charge in [-0.1, -0.05) is 38.1 Å². The van der Waals surface area contributed by atoms with Gasteiger partial charge in [-0.05, 0) is 67.5 Å². The lowest BCUT2D eigenvalue weighted by atomic mass is 10.1. The van der Waals surface area contributed by atoms with Crippen molar-refractivity contribution in [2.24, 2.45) is 7.05 Å². The van der Waals surface area contributed by atoms with Crippen molar-refractivity contribution < 1.29 is 23.0 Å². The molecule has 0 aliphatic carbocycles. The van der Waals surface area contributed by atoms with Gasteiger partial charge >= 0.3 is 5.97 Å². The number of benzene rings is 3. The molecule has 10 heteroatoms. The number of halogens is 2. The van der Waals surface area contributed by atoms with E-state index >= 15 is 4.39 Å². The van der Waals surface area contributed by atoms with Crippen LogP contribution >= 0.6 is 0 Å². The fraction of sp³-hybridized carbons (Fsp3) is 0.257. The first-order valence-corrected chi connectivity index (χ1v) is 14.7. The van der Waals surface area contributed by atoms with E-state index in [1.807, 2.05) is 31.5 Å². The third-order valence-corrected chi connectivity index (χ3v) is 7.08. The van der Waals surface area contributed by atoms with Crippen LogP contribution in [0, 0.1) is 23.0 Å². The van der Waals surface area contributed by atoms with Crippen molar-refractivity contribution in [3.8, 4) is 23.2 Å². The second-order valence-electron chi connectivity index (χ2n) is 9.94. The standard InChI is InChI=1S/C30H22F2N4O3.C3H7N.C2H6/c1-36-27-14-21(30(37)38-2)10-11-26(27)34-28(36)15-19-8-9-20(13-24(19)32)25-4-3-5-29(35-25)39-17-22-7-6-18(16-33)12-23(22)31;1-2-4-3-1;1-2/h3-14H,15,17H2,1-2H3;4H,1-3H2;1-2H3. The summed E-state index contributed by atoms with van der Waals surface area (Å²) in [5.74, 6) is -0.491. The molecule has 1 aliphatic heterocycles. The molecule has 8 nitrogen and oxygen atoms in total. The predicted molar refractivity (Wildman–Crippen MR) is 169 cm³/mol. The number of nitriles is 1. The monoisotopic (exact) mass is 611 g/mol. The second kappa shape index (κ2) is 15.5. The van der Waals surface area contributed by atoms with Gasteiger partial charge in [-0.15, -0.1) is 0 Å². The van der Waals surface area contributed by atoms with Gasteiger partial charge in [0.05, 0.1) is 41.0 Å². The zero-order valence-corrected chi connectivity index (χ0v) is 25.7. The maximum absolute atomic E-state index is 15.2. The number of esters is 1. The van der Waals surface area contributed by atoms with Gasteiger partial charge in [0.25, 0.3) is 0 Å². The molecule has 1 aliphatic rings. The summed E-state index contributed by atoms with van der Waals surface area (Å²) in [5, 5.41) is 12.0. The lowest BCUT2D eigenvalue weighted by Crippen LogP contribution is -2.29. The second-order valence-corrected chi connectivity index (χ2v) is 9.94. The Morgan fingerprint density at radius 2 is 1.69 bits per heavy atom. The quantitative estimate of drug-likeness (QED) is 0.203. The number of nitrogens with one attached hydrogen (secondary N) is 1. The van der Waals surface area contributed by atoms with Crippen LogP contribution in [-0.2, 0) is 24.8 Å². The predicted octanol–water partition coefficient (Wildman–Crippen LogP) is 6.75. The van der Waals surface area contributed by atoms with Crippen molar-refractivity contribution in [3.63, 3.8) is 0 Å². The average molecular weight is 612 g/mol. The van der Waals surface area contributed by atoms with E-state index in [0.717, 1.165) is 11.6 Å². The number of hydrogen-bond acceptors (Lipinski definition) is 7. The van der Waals surface area contributed by atoms with Crippen molar-refractivity contribution in [3.05, 3.63) is 113 Å². The molecule has 2 aromatic heterocycles. The highest BCUT2D eigenvalue weighted by Gasteiger charge is 2.15. The maximum atomic E-state index is 15.2. The molecule has 3 aromatic carbocycles. The number of nitrogens with zero attached hydrogens (tertiary/aromatic N) is 4. The Hall–Kier alpha value is -5.14. The van der Waals surface area contributed by atoms with E-state index in [1.54, 1.807) is 48.5 Å². The van der Waals surface area contributed by atoms with Crippen molar-refractivity contribution in [1.29, 1.82) is 5.26 Å². The van der Waals surface area contributed by atoms with E-state index in [-0.39, 0.29) is 24.5 Å². The van der Waals surface area contributed by atoms with Gasteiger partial charge in [0.2, 0.25) is 5.88 Å². The summed E-state index contributed by atoms with van der Waals surface area (Å²) in [4.78, 5) is 20.9. The molecule has 5 aromatic rings. The van der Waals surface area contributed by atoms with E-state index in [2.05, 4.69) is 15.3 Å². The summed E-state index contributed by atoms with van der Waals surface area (Å²) in [6.07, 6.45) is 1.64. The van der Waals surface area contributed by atoms with Crippen LogP contribution < -0.4 is 10.1 Å². The normalized spacial score (nSPS) is 11.7. The highest BCUT2D eigenvalue weighted by Crippen LogP contribution is 2.25. The summed E-state index contributed by atoms with van der Waals surface area (Å²) in [7, 11) is 3.14. The SMILES string of the molecule is C1CNC1.CC.COC(=O)c1ccc2nc(Cc3ccc(-c4cccc(OCc5ccc(C#N)cc5F)n4)cc3F)n(C)c2c1. The van der Waals surface area contributed by atoms with Gasteiger partial charge in [0, 0.05) is 30.7 Å². The average Bonchev–Trinajstić information content (AvgIpc) is 3.35. The first-order valence-electron chi connectivity index (χ1n) is 14.7. The van der Waals surface area contributed by atoms with E-state index < -0.39 is 17.6 Å². The molecule has 0 radical (unpaired) electrons. The number of pyridine rings is 1. The van der Waals surface area contributed by atoms with Crippen molar-refractivity contribution in [1.82, 2.24) is 19.9 Å². The Bertz CT molecular complexity index is 1820. The van der Waals surface area contributed by atoms with Gasteiger partial charge in [0.1, 0.15) is 24.1 Å². The Morgan fingerprint density at radius 3 is 2.33 bits per heavy atom. The molecule has 0 amide bonds. The third kappa shape index (κ3) is 8.08. The molecule has 0 bridgehead atoms. The molecule has 6 rings (SSSR count). The molecule has 232 valence electrons. The highest BCUT2D eigenvalue weighted by molar-refractivity contribution is 5.93. The van der Waals surface area contributed by atoms with Crippen LogP contribution in [0.25, 0.3) is 22.3 Å². The van der Waals surface area contributed by atoms with E-state index in [9.17, 15) is 9.18 Å². The summed E-state index contributed by atoms with van der Waals surface area (Å²) in [5.41, 5.74) is 3.87. The number of aryl methyl sites for hydroxylation is 1. The van der Waals surface area contributed by atoms with Crippen LogP contribution in [0.4, 0.5) is 8.78 Å². The minimum Gasteiger partial charge on any atom is -0.473 e. The van der Waals surface area contributed by atoms with Gasteiger partial charge in [0.15, 0.2) is 0 Å². The van der Waals surface area contributed by atoms with Crippen molar-refractivity contribution in [2.45, 2.75) is 33.3 Å². The highest BCUT2D eigenvalue weighted by atomic mass is 19.1. The molecule has 0 spiro atoms. The van der Waals surface area contributed by atoms with Gasteiger partial charge < -0.3 is 19.4 Å². The molecule has 1 N–H and O–H groups in total. The first kappa shape index (κ1) is 32.8. The summed E-state index contributed by atoms with van der Waals surface area (Å²) >= 11 is 0. The minimum absolute atomic E-state index is 0.0690. The zero-order chi connectivity index (χ0) is 32.3. The lowest BCUT2D eigenvalue weighted by molar-refractivity contribution is 0.0601. The minimum atomic E-state index is -0.535. The van der Waals surface area contributed by atoms with Crippen LogP contribution in [0.1, 0.15) is 53.1 Å². The van der Waals surface area contributed by atoms with Crippen LogP contribution in [0.5, 0.6) is 5.88 Å². The number of aromatic nitrogens is 3. The van der Waals surface area contributed by atoms with Crippen LogP contribution in [0.3, 0.4) is 0 Å². The number of fused-ring (bicyclic) bond motifs is 1. The number of imidazole rings is 1. The van der Waals surface area contributed by atoms with Crippen molar-refractivity contribution in [2.75, 3.05) is 20.2 Å². The molecule has 0 atom stereocenters. The molecule has 0 unspecified atom stereocenters. The van der Waals surface area contributed by atoms with E-state index in [0.29, 0.717) is 39.3 Å². The lowest BCUT2D eigenvalue weighted by Gasteiger charge is -2.10. The number of carbonyl (C=O) groups is 1. The first-order chi connectivity index (χ1) is 21.9. The van der Waals surface area contributed by atoms with Crippen LogP contribution in [0.2, 0.25) is 0 Å². The van der Waals surface area contributed by atoms with Gasteiger partial charge in [-0.2, -0.15) is 5.26 Å². The van der Waals surface area contributed by atoms with E-state index in [4.69, 9.17) is 14.7 Å². The summed E-state index contributed by atoms with van der Waals surface area (Å²) in [6, 6.07) is 21.1. The maximum Gasteiger partial charge on any atom is 0.337 e. The smallest absolute Gasteiger partial charge is 0.337 e. The van der Waals surface area contributed by atoms with E-state index in [1.165, 1.54) is 44.8 Å². The topological polar surface area (TPSA) is 102 Å². The largest absolute Gasteiger partial charge is 0.473 e. The van der Waals surface area contributed by atoms with Crippen LogP contribution in [-0.4, -0.2) is 40.7 Å². The molecule has 45 heavy (non-hydrogen) atoms. The number of methoxy groups -OCH3 is 1. The Balaban J connectivity index is 0.000000700. The van der Waals surface area contributed by atoms with Crippen molar-refractivity contribution >= 4 is 17.0 Å². The number of ether oxygens (including phenoxy) is 2. The Morgan fingerprint density at radius 1 is 0.978 bits per heavy atom. The molecule has 1 fully saturated rings. The van der Waals surface area contributed by atoms with Crippen LogP contribution in [0.15, 0.2) is 72.8 Å². The zero-order valence-electron chi connectivity index (χ0n) is 25.7. The molecular formula is C35H35F2N5O3.